The Morgan fingerprint density at radius 2 is 1.57 bits per heavy atom. The van der Waals surface area contributed by atoms with Crippen LogP contribution in [0.2, 0.25) is 0 Å². The van der Waals surface area contributed by atoms with Gasteiger partial charge in [-0.25, -0.2) is 4.39 Å². The molecule has 0 saturated heterocycles. The third kappa shape index (κ3) is 5.29. The average molecular weight is 482 g/mol. The van der Waals surface area contributed by atoms with Crippen LogP contribution in [0, 0.1) is 5.82 Å². The van der Waals surface area contributed by atoms with Crippen LogP contribution >= 0.6 is 0 Å². The standard InChI is InChI=1S/C28H32FNO5/c1-7-23(31)35-28(6)22(17-24(32)34-8-2)25(18-9-13-20(29)14-10-18)30(26(28)33)21-15-11-19(12-16-21)27(3,4)5/h9-16H,7-8,17H2,1-6H3. The highest BCUT2D eigenvalue weighted by molar-refractivity contribution is 6.18. The highest BCUT2D eigenvalue weighted by Gasteiger charge is 2.53. The number of esters is 2. The van der Waals surface area contributed by atoms with Gasteiger partial charge in [-0.15, -0.1) is 0 Å². The lowest BCUT2D eigenvalue weighted by atomic mass is 9.87. The maximum Gasteiger partial charge on any atom is 0.310 e. The molecule has 1 aliphatic rings. The number of benzene rings is 2. The van der Waals surface area contributed by atoms with Crippen LogP contribution in [0.5, 0.6) is 0 Å². The Labute approximate surface area is 205 Å². The van der Waals surface area contributed by atoms with Crippen LogP contribution in [0.4, 0.5) is 10.1 Å². The number of ether oxygens (including phenoxy) is 2. The first kappa shape index (κ1) is 26.1. The molecule has 2 aromatic rings. The molecular weight excluding hydrogens is 449 g/mol. The third-order valence-corrected chi connectivity index (χ3v) is 6.04. The number of hydrogen-bond acceptors (Lipinski definition) is 5. The Bertz CT molecular complexity index is 1150. The first-order valence-electron chi connectivity index (χ1n) is 11.7. The number of rotatable bonds is 7. The summed E-state index contributed by atoms with van der Waals surface area (Å²) < 4.78 is 24.6. The Morgan fingerprint density at radius 1 is 0.971 bits per heavy atom. The SMILES string of the molecule is CCOC(=O)CC1=C(c2ccc(F)cc2)N(c2ccc(C(C)(C)C)cc2)C(=O)C1(C)OC(=O)CC. The number of amides is 1. The van der Waals surface area contributed by atoms with E-state index < -0.39 is 29.3 Å². The van der Waals surface area contributed by atoms with E-state index in [4.69, 9.17) is 9.47 Å². The van der Waals surface area contributed by atoms with Gasteiger partial charge >= 0.3 is 11.9 Å². The largest absolute Gasteiger partial charge is 0.466 e. The molecule has 0 fully saturated rings. The monoisotopic (exact) mass is 481 g/mol. The van der Waals surface area contributed by atoms with Gasteiger partial charge in [0.15, 0.2) is 0 Å². The minimum Gasteiger partial charge on any atom is -0.466 e. The molecule has 1 atom stereocenters. The zero-order valence-corrected chi connectivity index (χ0v) is 21.1. The maximum absolute atomic E-state index is 13.9. The zero-order chi connectivity index (χ0) is 26.0. The second-order valence-electron chi connectivity index (χ2n) is 9.61. The van der Waals surface area contributed by atoms with Crippen LogP contribution in [0.3, 0.4) is 0 Å². The Kier molecular flexibility index (Phi) is 7.48. The van der Waals surface area contributed by atoms with E-state index in [9.17, 15) is 18.8 Å². The fraction of sp³-hybridized carbons (Fsp3) is 0.393. The lowest BCUT2D eigenvalue weighted by Gasteiger charge is -2.27. The van der Waals surface area contributed by atoms with Crippen molar-refractivity contribution in [1.29, 1.82) is 0 Å². The second kappa shape index (κ2) is 10.0. The minimum atomic E-state index is -1.73. The van der Waals surface area contributed by atoms with Gasteiger partial charge in [0.05, 0.1) is 18.7 Å². The van der Waals surface area contributed by atoms with Crippen molar-refractivity contribution in [2.24, 2.45) is 0 Å². The van der Waals surface area contributed by atoms with Gasteiger partial charge in [0.25, 0.3) is 5.91 Å². The molecule has 3 rings (SSSR count). The van der Waals surface area contributed by atoms with E-state index >= 15 is 0 Å². The molecule has 0 radical (unpaired) electrons. The molecule has 35 heavy (non-hydrogen) atoms. The van der Waals surface area contributed by atoms with Gasteiger partial charge in [0.1, 0.15) is 5.82 Å². The van der Waals surface area contributed by atoms with E-state index in [1.165, 1.54) is 36.1 Å². The van der Waals surface area contributed by atoms with E-state index in [0.29, 0.717) is 16.9 Å². The molecule has 7 heteroatoms. The van der Waals surface area contributed by atoms with Crippen molar-refractivity contribution in [3.63, 3.8) is 0 Å². The summed E-state index contributed by atoms with van der Waals surface area (Å²) in [6.45, 7) is 11.2. The topological polar surface area (TPSA) is 72.9 Å². The summed E-state index contributed by atoms with van der Waals surface area (Å²) >= 11 is 0. The van der Waals surface area contributed by atoms with Crippen LogP contribution in [-0.2, 0) is 29.3 Å². The fourth-order valence-electron chi connectivity index (χ4n) is 4.09. The van der Waals surface area contributed by atoms with Crippen LogP contribution < -0.4 is 4.90 Å². The van der Waals surface area contributed by atoms with Gasteiger partial charge in [0, 0.05) is 17.7 Å². The molecule has 186 valence electrons. The maximum atomic E-state index is 13.9. The molecule has 0 spiro atoms. The highest BCUT2D eigenvalue weighted by Crippen LogP contribution is 2.45. The number of nitrogens with zero attached hydrogens (tertiary/aromatic N) is 1. The molecule has 0 saturated carbocycles. The van der Waals surface area contributed by atoms with Crippen molar-refractivity contribution in [3.8, 4) is 0 Å². The normalized spacial score (nSPS) is 18.1. The van der Waals surface area contributed by atoms with Crippen LogP contribution in [0.1, 0.15) is 65.5 Å². The molecule has 0 aromatic heterocycles. The Morgan fingerprint density at radius 3 is 2.09 bits per heavy atom. The predicted molar refractivity (Wildman–Crippen MR) is 132 cm³/mol. The third-order valence-electron chi connectivity index (χ3n) is 6.04. The summed E-state index contributed by atoms with van der Waals surface area (Å²) in [5.74, 6) is -2.09. The molecule has 2 aromatic carbocycles. The number of halogens is 1. The minimum absolute atomic E-state index is 0.0573. The lowest BCUT2D eigenvalue weighted by molar-refractivity contribution is -0.161. The first-order valence-corrected chi connectivity index (χ1v) is 11.7. The van der Waals surface area contributed by atoms with E-state index in [-0.39, 0.29) is 30.4 Å². The number of carbonyl (C=O) groups excluding carboxylic acids is 3. The van der Waals surface area contributed by atoms with Gasteiger partial charge in [0.2, 0.25) is 5.60 Å². The predicted octanol–water partition coefficient (Wildman–Crippen LogP) is 5.55. The molecule has 1 unspecified atom stereocenters. The molecule has 1 aliphatic heterocycles. The molecule has 0 N–H and O–H groups in total. The average Bonchev–Trinajstić information content (AvgIpc) is 3.01. The van der Waals surface area contributed by atoms with Crippen LogP contribution in [-0.4, -0.2) is 30.1 Å². The summed E-state index contributed by atoms with van der Waals surface area (Å²) in [7, 11) is 0. The van der Waals surface area contributed by atoms with Gasteiger partial charge in [-0.2, -0.15) is 0 Å². The van der Waals surface area contributed by atoms with Crippen molar-refractivity contribution in [2.75, 3.05) is 11.5 Å². The van der Waals surface area contributed by atoms with Crippen molar-refractivity contribution in [2.45, 2.75) is 65.4 Å². The molecule has 0 bridgehead atoms. The second-order valence-corrected chi connectivity index (χ2v) is 9.61. The van der Waals surface area contributed by atoms with Crippen molar-refractivity contribution in [3.05, 3.63) is 71.0 Å². The van der Waals surface area contributed by atoms with E-state index in [1.807, 2.05) is 24.3 Å². The highest BCUT2D eigenvalue weighted by atomic mass is 19.1. The lowest BCUT2D eigenvalue weighted by Crippen LogP contribution is -2.44. The van der Waals surface area contributed by atoms with Crippen molar-refractivity contribution in [1.82, 2.24) is 0 Å². The first-order chi connectivity index (χ1) is 16.4. The number of carbonyl (C=O) groups is 3. The Balaban J connectivity index is 2.26. The van der Waals surface area contributed by atoms with E-state index in [0.717, 1.165) is 5.56 Å². The van der Waals surface area contributed by atoms with Crippen molar-refractivity contribution < 1.29 is 28.2 Å². The van der Waals surface area contributed by atoms with Gasteiger partial charge in [-0.3, -0.25) is 19.3 Å². The zero-order valence-electron chi connectivity index (χ0n) is 21.1. The smallest absolute Gasteiger partial charge is 0.310 e. The molecular formula is C28H32FNO5. The molecule has 1 heterocycles. The van der Waals surface area contributed by atoms with Crippen molar-refractivity contribution >= 4 is 29.2 Å². The summed E-state index contributed by atoms with van der Waals surface area (Å²) in [5, 5.41) is 0. The quantitative estimate of drug-likeness (QED) is 0.485. The van der Waals surface area contributed by atoms with Gasteiger partial charge in [-0.1, -0.05) is 39.8 Å². The number of hydrogen-bond donors (Lipinski definition) is 0. The summed E-state index contributed by atoms with van der Waals surface area (Å²) in [5.41, 5.74) is 0.963. The van der Waals surface area contributed by atoms with E-state index in [1.54, 1.807) is 13.8 Å². The molecule has 0 aliphatic carbocycles. The van der Waals surface area contributed by atoms with Crippen LogP contribution in [0.15, 0.2) is 54.1 Å². The fourth-order valence-corrected chi connectivity index (χ4v) is 4.09. The van der Waals surface area contributed by atoms with Gasteiger partial charge in [-0.05, 0) is 66.8 Å². The summed E-state index contributed by atoms with van der Waals surface area (Å²) in [6, 6.07) is 13.1. The summed E-state index contributed by atoms with van der Waals surface area (Å²) in [6.07, 6.45) is -0.210. The van der Waals surface area contributed by atoms with Crippen LogP contribution in [0.25, 0.3) is 5.70 Å². The molecule has 6 nitrogen and oxygen atoms in total. The molecule has 1 amide bonds. The Hall–Kier alpha value is -3.48. The van der Waals surface area contributed by atoms with Gasteiger partial charge < -0.3 is 9.47 Å². The van der Waals surface area contributed by atoms with E-state index in [2.05, 4.69) is 20.8 Å². The summed E-state index contributed by atoms with van der Waals surface area (Å²) in [4.78, 5) is 40.4. The number of anilines is 1.